The zero-order valence-electron chi connectivity index (χ0n) is 15.6. The summed E-state index contributed by atoms with van der Waals surface area (Å²) in [7, 11) is 1.42. The van der Waals surface area contributed by atoms with Crippen molar-refractivity contribution >= 4 is 5.97 Å². The van der Waals surface area contributed by atoms with Gasteiger partial charge in [0.1, 0.15) is 0 Å². The third-order valence-corrected chi connectivity index (χ3v) is 4.70. The molecule has 0 aromatic heterocycles. The molecule has 2 heteroatoms. The third-order valence-electron chi connectivity index (χ3n) is 4.70. The Kier molecular flexibility index (Phi) is 5.52. The zero-order chi connectivity index (χ0) is 18.5. The van der Waals surface area contributed by atoms with Crippen LogP contribution in [0.4, 0.5) is 0 Å². The maximum atomic E-state index is 12.1. The summed E-state index contributed by atoms with van der Waals surface area (Å²) in [5.74, 6) is -0.312. The number of hydrogen-bond acceptors (Lipinski definition) is 2. The van der Waals surface area contributed by atoms with Crippen LogP contribution >= 0.6 is 0 Å². The number of esters is 1. The average Bonchev–Trinajstić information content (AvgIpc) is 2.68. The lowest BCUT2D eigenvalue weighted by Crippen LogP contribution is -2.02. The molecule has 3 aromatic rings. The number of carbonyl (C=O) groups excluding carboxylic acids is 1. The topological polar surface area (TPSA) is 26.3 Å². The Bertz CT molecular complexity index is 925. The molecule has 0 unspecified atom stereocenters. The van der Waals surface area contributed by atoms with E-state index in [-0.39, 0.29) is 5.97 Å². The number of carbonyl (C=O) groups is 1. The van der Waals surface area contributed by atoms with E-state index in [2.05, 4.69) is 50.2 Å². The summed E-state index contributed by atoms with van der Waals surface area (Å²) in [6.45, 7) is 4.29. The predicted molar refractivity (Wildman–Crippen MR) is 107 cm³/mol. The van der Waals surface area contributed by atoms with Gasteiger partial charge in [0.25, 0.3) is 0 Å². The van der Waals surface area contributed by atoms with Crippen LogP contribution in [0, 0.1) is 6.92 Å². The lowest BCUT2D eigenvalue weighted by atomic mass is 9.88. The van der Waals surface area contributed by atoms with Crippen molar-refractivity contribution in [1.82, 2.24) is 0 Å². The van der Waals surface area contributed by atoms with Gasteiger partial charge < -0.3 is 4.74 Å². The molecule has 0 atom stereocenters. The first kappa shape index (κ1) is 17.9. The molecule has 2 nitrogen and oxygen atoms in total. The highest BCUT2D eigenvalue weighted by Crippen LogP contribution is 2.36. The van der Waals surface area contributed by atoms with E-state index in [4.69, 9.17) is 4.74 Å². The summed E-state index contributed by atoms with van der Waals surface area (Å²) in [5.41, 5.74) is 7.66. The van der Waals surface area contributed by atoms with Crippen LogP contribution in [0.5, 0.6) is 0 Å². The van der Waals surface area contributed by atoms with Crippen molar-refractivity contribution in [3.63, 3.8) is 0 Å². The van der Waals surface area contributed by atoms with Crippen molar-refractivity contribution in [2.45, 2.75) is 26.7 Å². The molecule has 26 heavy (non-hydrogen) atoms. The summed E-state index contributed by atoms with van der Waals surface area (Å²) >= 11 is 0. The second-order valence-electron chi connectivity index (χ2n) is 6.47. The quantitative estimate of drug-likeness (QED) is 0.525. The largest absolute Gasteiger partial charge is 0.465 e. The summed E-state index contributed by atoms with van der Waals surface area (Å²) in [5, 5.41) is 0. The molecule has 0 saturated heterocycles. The first-order valence-electron chi connectivity index (χ1n) is 9.02. The molecule has 3 aromatic carbocycles. The van der Waals surface area contributed by atoms with Crippen LogP contribution in [0.15, 0.2) is 66.7 Å². The van der Waals surface area contributed by atoms with Gasteiger partial charge in [-0.25, -0.2) is 4.79 Å². The van der Waals surface area contributed by atoms with Crippen LogP contribution in [0.25, 0.3) is 22.3 Å². The number of rotatable bonds is 5. The normalized spacial score (nSPS) is 10.6. The molecule has 0 amide bonds. The molecule has 0 aliphatic rings. The Morgan fingerprint density at radius 1 is 0.846 bits per heavy atom. The van der Waals surface area contributed by atoms with Crippen molar-refractivity contribution in [2.24, 2.45) is 0 Å². The number of methoxy groups -OCH3 is 1. The number of benzene rings is 3. The summed E-state index contributed by atoms with van der Waals surface area (Å²) in [6.07, 6.45) is 2.12. The maximum Gasteiger partial charge on any atom is 0.337 e. The number of hydrogen-bond donors (Lipinski definition) is 0. The second kappa shape index (κ2) is 8.01. The minimum absolute atomic E-state index is 0.312. The minimum Gasteiger partial charge on any atom is -0.465 e. The van der Waals surface area contributed by atoms with Crippen LogP contribution in [-0.2, 0) is 11.2 Å². The third kappa shape index (κ3) is 3.55. The monoisotopic (exact) mass is 344 g/mol. The highest BCUT2D eigenvalue weighted by atomic mass is 16.5. The van der Waals surface area contributed by atoms with E-state index < -0.39 is 0 Å². The fourth-order valence-electron chi connectivity index (χ4n) is 3.39. The molecule has 0 heterocycles. The number of ether oxygens (including phenoxy) is 1. The van der Waals surface area contributed by atoms with Crippen molar-refractivity contribution < 1.29 is 9.53 Å². The molecular formula is C24H24O2. The summed E-state index contributed by atoms with van der Waals surface area (Å²) in [6, 6.07) is 22.6. The SMILES string of the molecule is CCCc1ccccc1-c1ccc(C(=O)OC)cc1-c1ccccc1C. The molecule has 0 aliphatic heterocycles. The van der Waals surface area contributed by atoms with Gasteiger partial charge in [0, 0.05) is 0 Å². The molecule has 0 spiro atoms. The minimum atomic E-state index is -0.312. The van der Waals surface area contributed by atoms with E-state index in [0.29, 0.717) is 5.56 Å². The first-order chi connectivity index (χ1) is 12.7. The van der Waals surface area contributed by atoms with Gasteiger partial charge in [0.05, 0.1) is 12.7 Å². The van der Waals surface area contributed by atoms with Crippen LogP contribution in [0.1, 0.15) is 34.8 Å². The summed E-state index contributed by atoms with van der Waals surface area (Å²) < 4.78 is 4.93. The van der Waals surface area contributed by atoms with E-state index in [1.807, 2.05) is 30.3 Å². The van der Waals surface area contributed by atoms with Gasteiger partial charge >= 0.3 is 5.97 Å². The van der Waals surface area contributed by atoms with Gasteiger partial charge in [0.15, 0.2) is 0 Å². The van der Waals surface area contributed by atoms with Gasteiger partial charge in [-0.3, -0.25) is 0 Å². The van der Waals surface area contributed by atoms with E-state index >= 15 is 0 Å². The smallest absolute Gasteiger partial charge is 0.337 e. The Labute approximate surface area is 155 Å². The average molecular weight is 344 g/mol. The van der Waals surface area contributed by atoms with Crippen molar-refractivity contribution in [1.29, 1.82) is 0 Å². The van der Waals surface area contributed by atoms with E-state index in [1.54, 1.807) is 0 Å². The highest BCUT2D eigenvalue weighted by Gasteiger charge is 2.15. The van der Waals surface area contributed by atoms with E-state index in [0.717, 1.165) is 29.5 Å². The van der Waals surface area contributed by atoms with Gasteiger partial charge in [-0.1, -0.05) is 67.9 Å². The Morgan fingerprint density at radius 2 is 1.54 bits per heavy atom. The molecule has 0 N–H and O–H groups in total. The van der Waals surface area contributed by atoms with Gasteiger partial charge in [-0.15, -0.1) is 0 Å². The van der Waals surface area contributed by atoms with Crippen molar-refractivity contribution in [2.75, 3.05) is 7.11 Å². The van der Waals surface area contributed by atoms with Crippen molar-refractivity contribution in [3.05, 3.63) is 83.4 Å². The Morgan fingerprint density at radius 3 is 2.23 bits per heavy atom. The lowest BCUT2D eigenvalue weighted by molar-refractivity contribution is 0.0601. The lowest BCUT2D eigenvalue weighted by Gasteiger charge is -2.16. The molecular weight excluding hydrogens is 320 g/mol. The van der Waals surface area contributed by atoms with E-state index in [1.165, 1.54) is 23.8 Å². The van der Waals surface area contributed by atoms with Gasteiger partial charge in [0.2, 0.25) is 0 Å². The van der Waals surface area contributed by atoms with Crippen LogP contribution in [0.2, 0.25) is 0 Å². The summed E-state index contributed by atoms with van der Waals surface area (Å²) in [4.78, 5) is 12.1. The predicted octanol–water partition coefficient (Wildman–Crippen LogP) is 6.07. The molecule has 3 rings (SSSR count). The Hall–Kier alpha value is -2.87. The second-order valence-corrected chi connectivity index (χ2v) is 6.47. The standard InChI is InChI=1S/C24H24O2/c1-4-9-18-11-6-8-13-21(18)22-15-14-19(24(25)26-3)16-23(22)20-12-7-5-10-17(20)2/h5-8,10-16H,4,9H2,1-3H3. The zero-order valence-corrected chi connectivity index (χ0v) is 15.6. The molecule has 0 bridgehead atoms. The van der Waals surface area contributed by atoms with Gasteiger partial charge in [-0.2, -0.15) is 0 Å². The molecule has 0 aliphatic carbocycles. The first-order valence-corrected chi connectivity index (χ1v) is 9.02. The molecule has 0 fully saturated rings. The fourth-order valence-corrected chi connectivity index (χ4v) is 3.39. The maximum absolute atomic E-state index is 12.1. The Balaban J connectivity index is 2.26. The highest BCUT2D eigenvalue weighted by molar-refractivity contribution is 5.95. The van der Waals surface area contributed by atoms with Crippen molar-refractivity contribution in [3.8, 4) is 22.3 Å². The number of aryl methyl sites for hydroxylation is 2. The van der Waals surface area contributed by atoms with Gasteiger partial charge in [-0.05, 0) is 58.9 Å². The fraction of sp³-hybridized carbons (Fsp3) is 0.208. The van der Waals surface area contributed by atoms with E-state index in [9.17, 15) is 4.79 Å². The van der Waals surface area contributed by atoms with Crippen LogP contribution < -0.4 is 0 Å². The van der Waals surface area contributed by atoms with Crippen LogP contribution in [-0.4, -0.2) is 13.1 Å². The molecule has 132 valence electrons. The molecule has 0 saturated carbocycles. The van der Waals surface area contributed by atoms with Crippen LogP contribution in [0.3, 0.4) is 0 Å². The molecule has 0 radical (unpaired) electrons.